The van der Waals surface area contributed by atoms with E-state index in [1.807, 2.05) is 0 Å². The van der Waals surface area contributed by atoms with Gasteiger partial charge in [0.05, 0.1) is 11.4 Å². The summed E-state index contributed by atoms with van der Waals surface area (Å²) in [5, 5.41) is 6.89. The predicted molar refractivity (Wildman–Crippen MR) is 57.1 cm³/mol. The van der Waals surface area contributed by atoms with Crippen molar-refractivity contribution in [2.24, 2.45) is 15.9 Å². The molecule has 0 aliphatic rings. The van der Waals surface area contributed by atoms with Crippen LogP contribution in [-0.2, 0) is 4.65 Å². The number of amidine groups is 1. The summed E-state index contributed by atoms with van der Waals surface area (Å²) in [6.45, 7) is 1.63. The number of pyridine rings is 1. The number of halogens is 2. The average Bonchev–Trinajstić information content (AvgIpc) is 2.26. The topological polar surface area (TPSA) is 72.9 Å². The van der Waals surface area contributed by atoms with Gasteiger partial charge in [-0.25, -0.2) is 8.63 Å². The third-order valence-electron chi connectivity index (χ3n) is 1.54. The van der Waals surface area contributed by atoms with Crippen LogP contribution in [0.3, 0.4) is 0 Å². The first-order chi connectivity index (χ1) is 7.59. The van der Waals surface area contributed by atoms with Crippen LogP contribution in [-0.4, -0.2) is 24.2 Å². The fourth-order valence-corrected chi connectivity index (χ4v) is 0.867. The summed E-state index contributed by atoms with van der Waals surface area (Å²) in [4.78, 5) is 3.99. The number of nitrogens with two attached hydrogens (primary N) is 1. The van der Waals surface area contributed by atoms with Crippen molar-refractivity contribution in [3.63, 3.8) is 0 Å². The molecule has 0 fully saturated rings. The second kappa shape index (κ2) is 5.79. The molecule has 0 bridgehead atoms. The highest BCUT2D eigenvalue weighted by Crippen LogP contribution is 1.97. The second-order valence-electron chi connectivity index (χ2n) is 2.72. The molecule has 0 saturated heterocycles. The third-order valence-corrected chi connectivity index (χ3v) is 1.54. The largest absolute Gasteiger partial charge is 0.798 e. The van der Waals surface area contributed by atoms with E-state index in [-0.39, 0.29) is 0 Å². The zero-order chi connectivity index (χ0) is 12.0. The Morgan fingerprint density at radius 1 is 1.44 bits per heavy atom. The van der Waals surface area contributed by atoms with E-state index < -0.39 is 13.5 Å². The van der Waals surface area contributed by atoms with Crippen molar-refractivity contribution in [3.8, 4) is 0 Å². The lowest BCUT2D eigenvalue weighted by Gasteiger charge is -1.98. The zero-order valence-electron chi connectivity index (χ0n) is 8.47. The van der Waals surface area contributed by atoms with Gasteiger partial charge in [-0.15, -0.1) is 5.10 Å². The summed E-state index contributed by atoms with van der Waals surface area (Å²) in [6.07, 6.45) is 1.58. The molecule has 1 heterocycles. The Morgan fingerprint density at radius 2 is 2.19 bits per heavy atom. The molecule has 0 spiro atoms. The summed E-state index contributed by atoms with van der Waals surface area (Å²) in [6, 6.07) is 4.53. The van der Waals surface area contributed by atoms with E-state index >= 15 is 0 Å². The number of aromatic nitrogens is 1. The minimum Gasteiger partial charge on any atom is -0.477 e. The highest BCUT2D eigenvalue weighted by atomic mass is 19.2. The minimum atomic E-state index is -3.01. The molecule has 0 amide bonds. The molecular formula is C8H9BF2N4O. The van der Waals surface area contributed by atoms with Gasteiger partial charge in [0.25, 0.3) is 6.02 Å². The van der Waals surface area contributed by atoms with Crippen molar-refractivity contribution in [1.82, 2.24) is 4.98 Å². The highest BCUT2D eigenvalue weighted by molar-refractivity contribution is 6.37. The molecule has 0 aromatic carbocycles. The molecule has 0 saturated carbocycles. The van der Waals surface area contributed by atoms with Crippen molar-refractivity contribution < 1.29 is 13.3 Å². The summed E-state index contributed by atoms with van der Waals surface area (Å²) < 4.78 is 27.2. The molecule has 1 aromatic rings. The summed E-state index contributed by atoms with van der Waals surface area (Å²) in [5.41, 5.74) is 6.05. The Hall–Kier alpha value is -1.99. The Kier molecular flexibility index (Phi) is 4.37. The number of nitrogens with zero attached hydrogens (tertiary/aromatic N) is 3. The van der Waals surface area contributed by atoms with Crippen LogP contribution in [0.25, 0.3) is 0 Å². The van der Waals surface area contributed by atoms with Gasteiger partial charge in [0.2, 0.25) is 0 Å². The van der Waals surface area contributed by atoms with Crippen LogP contribution >= 0.6 is 0 Å². The van der Waals surface area contributed by atoms with Gasteiger partial charge < -0.3 is 10.4 Å². The maximum Gasteiger partial charge on any atom is 0.798 e. The van der Waals surface area contributed by atoms with Crippen LogP contribution in [0.1, 0.15) is 12.6 Å². The maximum atomic E-state index is 11.7. The molecule has 1 aromatic heterocycles. The molecule has 0 aliphatic heterocycles. The molecule has 5 nitrogen and oxygen atoms in total. The molecule has 2 N–H and O–H groups in total. The predicted octanol–water partition coefficient (Wildman–Crippen LogP) is 1.06. The van der Waals surface area contributed by atoms with E-state index in [9.17, 15) is 8.63 Å². The van der Waals surface area contributed by atoms with Crippen molar-refractivity contribution >= 4 is 19.2 Å². The van der Waals surface area contributed by atoms with Gasteiger partial charge in [0.15, 0.2) is 0 Å². The number of hydrogen-bond donors (Lipinski definition) is 1. The first-order valence-electron chi connectivity index (χ1n) is 4.33. The normalized spacial score (nSPS) is 12.4. The van der Waals surface area contributed by atoms with E-state index in [1.54, 1.807) is 31.3 Å². The monoisotopic (exact) mass is 226 g/mol. The molecule has 8 heteroatoms. The highest BCUT2D eigenvalue weighted by Gasteiger charge is 2.18. The standard InChI is InChI=1S/C8H9BF2N4O/c1-6(7-4-2-3-5-13-7)14-15-8(12)16-9(10)11/h2-5H,1H3,(H2,12,15)/b14-6-. The van der Waals surface area contributed by atoms with Gasteiger partial charge in [0, 0.05) is 6.20 Å². The molecule has 16 heavy (non-hydrogen) atoms. The summed E-state index contributed by atoms with van der Waals surface area (Å²) in [5.74, 6) is 0. The van der Waals surface area contributed by atoms with E-state index in [4.69, 9.17) is 5.73 Å². The lowest BCUT2D eigenvalue weighted by Crippen LogP contribution is -2.21. The number of rotatable bonds is 3. The van der Waals surface area contributed by atoms with E-state index in [0.29, 0.717) is 11.4 Å². The molecular weight excluding hydrogens is 217 g/mol. The van der Waals surface area contributed by atoms with Crippen LogP contribution in [0.15, 0.2) is 34.6 Å². The van der Waals surface area contributed by atoms with Gasteiger partial charge in [-0.3, -0.25) is 4.98 Å². The van der Waals surface area contributed by atoms with Gasteiger partial charge in [-0.05, 0) is 19.1 Å². The molecule has 0 radical (unpaired) electrons. The Bertz CT molecular complexity index is 396. The SMILES string of the molecule is C/C(=N/N=C(/N)OB(F)F)c1ccccn1. The van der Waals surface area contributed by atoms with Crippen molar-refractivity contribution in [3.05, 3.63) is 30.1 Å². The Morgan fingerprint density at radius 3 is 2.75 bits per heavy atom. The van der Waals surface area contributed by atoms with Gasteiger partial charge in [-0.1, -0.05) is 11.2 Å². The van der Waals surface area contributed by atoms with Crippen molar-refractivity contribution in [2.75, 3.05) is 0 Å². The fourth-order valence-electron chi connectivity index (χ4n) is 0.867. The lowest BCUT2D eigenvalue weighted by atomic mass is 10.3. The molecule has 0 aliphatic carbocycles. The van der Waals surface area contributed by atoms with Gasteiger partial charge in [-0.2, -0.15) is 0 Å². The van der Waals surface area contributed by atoms with Crippen LogP contribution in [0.4, 0.5) is 8.63 Å². The van der Waals surface area contributed by atoms with E-state index in [1.165, 1.54) is 0 Å². The first kappa shape index (κ1) is 12.1. The Balaban J connectivity index is 2.71. The van der Waals surface area contributed by atoms with Crippen LogP contribution in [0.5, 0.6) is 0 Å². The van der Waals surface area contributed by atoms with Crippen LogP contribution in [0, 0.1) is 0 Å². The molecule has 0 unspecified atom stereocenters. The third kappa shape index (κ3) is 4.03. The average molecular weight is 226 g/mol. The van der Waals surface area contributed by atoms with Gasteiger partial charge >= 0.3 is 7.47 Å². The molecule has 1 rings (SSSR count). The van der Waals surface area contributed by atoms with Crippen molar-refractivity contribution in [2.45, 2.75) is 6.92 Å². The Labute approximate surface area is 91.2 Å². The number of hydrogen-bond acceptors (Lipinski definition) is 4. The summed E-state index contributed by atoms with van der Waals surface area (Å²) >= 11 is 0. The quantitative estimate of drug-likeness (QED) is 0.362. The van der Waals surface area contributed by atoms with E-state index in [2.05, 4.69) is 19.8 Å². The van der Waals surface area contributed by atoms with Gasteiger partial charge in [0.1, 0.15) is 0 Å². The van der Waals surface area contributed by atoms with Crippen molar-refractivity contribution in [1.29, 1.82) is 0 Å². The molecule has 84 valence electrons. The smallest absolute Gasteiger partial charge is 0.477 e. The first-order valence-corrected chi connectivity index (χ1v) is 4.33. The molecule has 0 atom stereocenters. The van der Waals surface area contributed by atoms with Crippen LogP contribution in [0.2, 0.25) is 0 Å². The zero-order valence-corrected chi connectivity index (χ0v) is 8.47. The maximum absolute atomic E-state index is 11.7. The second-order valence-corrected chi connectivity index (χ2v) is 2.72. The lowest BCUT2D eigenvalue weighted by molar-refractivity contribution is 0.413. The summed E-state index contributed by atoms with van der Waals surface area (Å²) in [7, 11) is -3.01. The minimum absolute atomic E-state index is 0.446. The van der Waals surface area contributed by atoms with E-state index in [0.717, 1.165) is 0 Å². The van der Waals surface area contributed by atoms with Crippen LogP contribution < -0.4 is 5.73 Å². The fraction of sp³-hybridized carbons (Fsp3) is 0.125.